The molecule has 0 amide bonds. The van der Waals surface area contributed by atoms with E-state index in [4.69, 9.17) is 0 Å². The van der Waals surface area contributed by atoms with Crippen molar-refractivity contribution >= 4 is 66.8 Å². The lowest BCUT2D eigenvalue weighted by Crippen LogP contribution is -2.12. The molecule has 5 nitrogen and oxygen atoms in total. The minimum atomic E-state index is 0.0344. The molecule has 10 rings (SSSR count). The summed E-state index contributed by atoms with van der Waals surface area (Å²) in [6, 6.07) is 72.0. The lowest BCUT2D eigenvalue weighted by molar-refractivity contribution is 1.07. The molecule has 0 spiro atoms. The third-order valence-electron chi connectivity index (χ3n) is 10.8. The van der Waals surface area contributed by atoms with Crippen LogP contribution in [0.2, 0.25) is 0 Å². The van der Waals surface area contributed by atoms with Gasteiger partial charge in [-0.1, -0.05) is 91.0 Å². The lowest BCUT2D eigenvalue weighted by atomic mass is 10.1. The van der Waals surface area contributed by atoms with E-state index < -0.39 is 0 Å². The van der Waals surface area contributed by atoms with E-state index in [1.807, 2.05) is 31.3 Å². The van der Waals surface area contributed by atoms with E-state index in [1.54, 1.807) is 0 Å². The summed E-state index contributed by atoms with van der Waals surface area (Å²) in [7, 11) is 0. The Kier molecular flexibility index (Phi) is 8.46. The Bertz CT molecular complexity index is 2870. The van der Waals surface area contributed by atoms with Crippen molar-refractivity contribution in [3.63, 3.8) is 0 Å². The average Bonchev–Trinajstić information content (AvgIpc) is 3.60. The van der Waals surface area contributed by atoms with Crippen molar-refractivity contribution < 1.29 is 0 Å². The normalized spacial score (nSPS) is 11.3. The third kappa shape index (κ3) is 6.03. The molecule has 0 N–H and O–H groups in total. The summed E-state index contributed by atoms with van der Waals surface area (Å²) in [5.74, 6) is 0. The number of fused-ring (bicyclic) bond motifs is 4. The summed E-state index contributed by atoms with van der Waals surface area (Å²) < 4.78 is 4.42. The molecule has 0 unspecified atom stereocenters. The number of pyridine rings is 1. The van der Waals surface area contributed by atoms with E-state index in [0.29, 0.717) is 10.9 Å². The molecule has 57 heavy (non-hydrogen) atoms. The van der Waals surface area contributed by atoms with Crippen LogP contribution in [0.3, 0.4) is 0 Å². The number of aryl methyl sites for hydroxylation is 1. The highest BCUT2D eigenvalue weighted by Crippen LogP contribution is 2.42. The van der Waals surface area contributed by atoms with Gasteiger partial charge in [0.2, 0.25) is 0 Å². The van der Waals surface area contributed by atoms with Gasteiger partial charge in [-0.2, -0.15) is 0 Å². The number of hydrogen-bond donors (Lipinski definition) is 0. The molecule has 0 bridgehead atoms. The topological polar surface area (TPSA) is 33.4 Å². The molecule has 0 saturated carbocycles. The van der Waals surface area contributed by atoms with E-state index >= 15 is 0 Å². The minimum absolute atomic E-state index is 0.0344. The second-order valence-electron chi connectivity index (χ2n) is 14.3. The number of nitrogens with zero attached hydrogens (tertiary/aromatic N) is 4. The molecular formula is C52H38N4O. The van der Waals surface area contributed by atoms with Gasteiger partial charge in [0.1, 0.15) is 0 Å². The molecule has 0 fully saturated rings. The summed E-state index contributed by atoms with van der Waals surface area (Å²) in [4.78, 5) is 18.5. The first-order valence-corrected chi connectivity index (χ1v) is 19.2. The van der Waals surface area contributed by atoms with Crippen LogP contribution in [0, 0.1) is 6.92 Å². The quantitative estimate of drug-likeness (QED) is 0.156. The first-order valence-electron chi connectivity index (χ1n) is 19.2. The van der Waals surface area contributed by atoms with Gasteiger partial charge in [0.15, 0.2) is 5.43 Å². The molecule has 0 aliphatic heterocycles. The van der Waals surface area contributed by atoms with Crippen LogP contribution in [0.1, 0.15) is 5.56 Å². The van der Waals surface area contributed by atoms with Crippen LogP contribution in [0.25, 0.3) is 44.1 Å². The highest BCUT2D eigenvalue weighted by Gasteiger charge is 2.21. The Morgan fingerprint density at radius 1 is 0.368 bits per heavy atom. The minimum Gasteiger partial charge on any atom is -0.316 e. The molecule has 5 heteroatoms. The van der Waals surface area contributed by atoms with Crippen molar-refractivity contribution in [2.45, 2.75) is 6.92 Å². The Hall–Kier alpha value is -7.63. The van der Waals surface area contributed by atoms with Gasteiger partial charge in [0.25, 0.3) is 0 Å². The molecule has 0 aliphatic carbocycles. The van der Waals surface area contributed by atoms with Crippen LogP contribution in [0.5, 0.6) is 0 Å². The first kappa shape index (κ1) is 33.9. The second kappa shape index (κ2) is 14.2. The number of anilines is 6. The summed E-state index contributed by atoms with van der Waals surface area (Å²) in [5.41, 5.74) is 12.0. The van der Waals surface area contributed by atoms with Crippen LogP contribution in [0.15, 0.2) is 217 Å². The zero-order valence-corrected chi connectivity index (χ0v) is 31.4. The van der Waals surface area contributed by atoms with Gasteiger partial charge >= 0.3 is 0 Å². The van der Waals surface area contributed by atoms with Gasteiger partial charge in [-0.05, 0) is 122 Å². The zero-order chi connectivity index (χ0) is 38.3. The largest absolute Gasteiger partial charge is 0.316 e. The van der Waals surface area contributed by atoms with Gasteiger partial charge < -0.3 is 18.9 Å². The number of benzene rings is 8. The van der Waals surface area contributed by atoms with E-state index in [1.165, 1.54) is 0 Å². The van der Waals surface area contributed by atoms with Gasteiger partial charge in [0, 0.05) is 73.4 Å². The van der Waals surface area contributed by atoms with E-state index in [2.05, 4.69) is 207 Å². The first-order chi connectivity index (χ1) is 28.1. The average molecular weight is 735 g/mol. The van der Waals surface area contributed by atoms with Crippen molar-refractivity contribution in [2.24, 2.45) is 0 Å². The highest BCUT2D eigenvalue weighted by molar-refractivity contribution is 6.12. The van der Waals surface area contributed by atoms with Crippen LogP contribution in [0.4, 0.5) is 34.1 Å². The highest BCUT2D eigenvalue weighted by atomic mass is 16.1. The van der Waals surface area contributed by atoms with E-state index in [0.717, 1.165) is 72.8 Å². The van der Waals surface area contributed by atoms with Crippen molar-refractivity contribution in [1.82, 2.24) is 9.13 Å². The second-order valence-corrected chi connectivity index (χ2v) is 14.3. The standard InChI is InChI=1S/C52H38N4O/c1-37-36-53(38-17-7-2-8-18-38)49-30-27-45(35-48(49)52(37)57)56-50-31-28-43(54(39-19-9-3-10-20-39)40-21-11-4-12-22-40)33-46(50)47-34-44(29-32-51(47)56)55(41-23-13-5-14-24-41)42-25-15-6-16-26-42/h2-36H,1H3. The van der Waals surface area contributed by atoms with Crippen LogP contribution >= 0.6 is 0 Å². The maximum atomic E-state index is 13.9. The van der Waals surface area contributed by atoms with Gasteiger partial charge in [-0.15, -0.1) is 0 Å². The molecule has 0 atom stereocenters. The number of aromatic nitrogens is 2. The molecule has 10 aromatic rings. The molecule has 8 aromatic carbocycles. The number of para-hydroxylation sites is 5. The maximum absolute atomic E-state index is 13.9. The SMILES string of the molecule is Cc1cn(-c2ccccc2)c2ccc(-n3c4ccc(N(c5ccccc5)c5ccccc5)cc4c4cc(N(c5ccccc5)c5ccccc5)ccc43)cc2c1=O. The van der Waals surface area contributed by atoms with Crippen molar-refractivity contribution in [3.05, 3.63) is 228 Å². The lowest BCUT2D eigenvalue weighted by Gasteiger charge is -2.26. The number of hydrogen-bond acceptors (Lipinski definition) is 3. The fraction of sp³-hybridized carbons (Fsp3) is 0.0192. The van der Waals surface area contributed by atoms with Crippen LogP contribution in [-0.4, -0.2) is 9.13 Å². The predicted molar refractivity (Wildman–Crippen MR) is 238 cm³/mol. The molecule has 0 saturated heterocycles. The van der Waals surface area contributed by atoms with Crippen LogP contribution < -0.4 is 15.2 Å². The Morgan fingerprint density at radius 3 is 1.21 bits per heavy atom. The van der Waals surface area contributed by atoms with Crippen LogP contribution in [-0.2, 0) is 0 Å². The Labute approximate surface area is 331 Å². The third-order valence-corrected chi connectivity index (χ3v) is 10.8. The van der Waals surface area contributed by atoms with Crippen molar-refractivity contribution in [2.75, 3.05) is 9.80 Å². The summed E-state index contributed by atoms with van der Waals surface area (Å²) in [6.45, 7) is 1.90. The molecule has 272 valence electrons. The Morgan fingerprint density at radius 2 is 0.772 bits per heavy atom. The molecule has 0 radical (unpaired) electrons. The maximum Gasteiger partial charge on any atom is 0.192 e. The summed E-state index contributed by atoms with van der Waals surface area (Å²) in [5, 5.41) is 2.89. The molecule has 2 aromatic heterocycles. The van der Waals surface area contributed by atoms with Crippen molar-refractivity contribution in [1.29, 1.82) is 0 Å². The van der Waals surface area contributed by atoms with E-state index in [9.17, 15) is 4.79 Å². The van der Waals surface area contributed by atoms with Gasteiger partial charge in [0.05, 0.1) is 16.6 Å². The van der Waals surface area contributed by atoms with E-state index in [-0.39, 0.29) is 5.43 Å². The predicted octanol–water partition coefficient (Wildman–Crippen LogP) is 13.3. The monoisotopic (exact) mass is 734 g/mol. The summed E-state index contributed by atoms with van der Waals surface area (Å²) in [6.07, 6.45) is 1.94. The molecule has 2 heterocycles. The fourth-order valence-corrected chi connectivity index (χ4v) is 8.15. The van der Waals surface area contributed by atoms with Gasteiger partial charge in [-0.25, -0.2) is 0 Å². The summed E-state index contributed by atoms with van der Waals surface area (Å²) >= 11 is 0. The molecular weight excluding hydrogens is 697 g/mol. The van der Waals surface area contributed by atoms with Gasteiger partial charge in [-0.3, -0.25) is 4.79 Å². The number of rotatable bonds is 8. The molecule has 0 aliphatic rings. The smallest absolute Gasteiger partial charge is 0.192 e. The fourth-order valence-electron chi connectivity index (χ4n) is 8.15. The van der Waals surface area contributed by atoms with Crippen molar-refractivity contribution in [3.8, 4) is 11.4 Å². The zero-order valence-electron chi connectivity index (χ0n) is 31.4. The Balaban J connectivity index is 1.24.